The van der Waals surface area contributed by atoms with Gasteiger partial charge in [-0.25, -0.2) is 4.79 Å². The van der Waals surface area contributed by atoms with Gasteiger partial charge in [-0.05, 0) is 99.8 Å². The fraction of sp³-hybridized carbons (Fsp3) is 0.632. The fourth-order valence-electron chi connectivity index (χ4n) is 7.53. The lowest BCUT2D eigenvalue weighted by atomic mass is 9.76. The van der Waals surface area contributed by atoms with Crippen molar-refractivity contribution in [2.24, 2.45) is 11.8 Å². The Hall–Kier alpha value is -2.76. The average Bonchev–Trinajstić information content (AvgIpc) is 3.66. The molecule has 264 valence electrons. The van der Waals surface area contributed by atoms with E-state index in [2.05, 4.69) is 15.2 Å². The number of pyridine rings is 1. The Morgan fingerprint density at radius 1 is 0.979 bits per heavy atom. The number of carbonyl (C=O) groups is 1. The molecule has 10 heteroatoms. The van der Waals surface area contributed by atoms with Gasteiger partial charge in [0.25, 0.3) is 0 Å². The van der Waals surface area contributed by atoms with Crippen molar-refractivity contribution in [1.29, 1.82) is 0 Å². The van der Waals surface area contributed by atoms with Gasteiger partial charge in [-0.2, -0.15) is 0 Å². The molecule has 5 N–H and O–H groups in total. The number of hydrogen-bond donors (Lipinski definition) is 5. The second-order valence-electron chi connectivity index (χ2n) is 13.9. The van der Waals surface area contributed by atoms with Crippen LogP contribution >= 0.6 is 11.3 Å². The molecule has 0 spiro atoms. The van der Waals surface area contributed by atoms with Gasteiger partial charge in [-0.3, -0.25) is 4.79 Å². The lowest BCUT2D eigenvalue weighted by Gasteiger charge is -2.36. The maximum atomic E-state index is 13.3. The number of aromatic hydroxyl groups is 1. The van der Waals surface area contributed by atoms with Crippen molar-refractivity contribution < 1.29 is 24.9 Å². The van der Waals surface area contributed by atoms with Gasteiger partial charge < -0.3 is 35.3 Å². The Morgan fingerprint density at radius 3 is 2.44 bits per heavy atom. The number of nitrogens with zero attached hydrogens (tertiary/aromatic N) is 1. The van der Waals surface area contributed by atoms with Crippen molar-refractivity contribution >= 4 is 28.2 Å². The Morgan fingerprint density at radius 2 is 1.71 bits per heavy atom. The van der Waals surface area contributed by atoms with E-state index in [-0.39, 0.29) is 17.2 Å². The summed E-state index contributed by atoms with van der Waals surface area (Å²) in [6, 6.07) is 10.0. The van der Waals surface area contributed by atoms with E-state index >= 15 is 0 Å². The van der Waals surface area contributed by atoms with Gasteiger partial charge in [0.2, 0.25) is 5.56 Å². The summed E-state index contributed by atoms with van der Waals surface area (Å²) < 4.78 is 5.84. The van der Waals surface area contributed by atoms with E-state index in [4.69, 9.17) is 4.74 Å². The molecule has 2 atom stereocenters. The first-order valence-electron chi connectivity index (χ1n) is 18.3. The zero-order valence-corrected chi connectivity index (χ0v) is 29.2. The number of piperidine rings is 1. The smallest absolute Gasteiger partial charge is 0.344 e. The first-order valence-corrected chi connectivity index (χ1v) is 19.1. The molecule has 0 amide bonds. The predicted octanol–water partition coefficient (Wildman–Crippen LogP) is 6.37. The minimum atomic E-state index is -1.51. The van der Waals surface area contributed by atoms with E-state index in [1.54, 1.807) is 12.1 Å². The Bertz CT molecular complexity index is 1460. The number of aromatic amines is 1. The number of benzene rings is 1. The summed E-state index contributed by atoms with van der Waals surface area (Å²) in [5, 5.41) is 38.3. The maximum absolute atomic E-state index is 13.3. The highest BCUT2D eigenvalue weighted by Crippen LogP contribution is 2.42. The first-order chi connectivity index (χ1) is 23.4. The van der Waals surface area contributed by atoms with Crippen LogP contribution in [0.3, 0.4) is 0 Å². The third-order valence-electron chi connectivity index (χ3n) is 10.5. The van der Waals surface area contributed by atoms with E-state index in [0.717, 1.165) is 82.4 Å². The number of esters is 1. The summed E-state index contributed by atoms with van der Waals surface area (Å²) in [7, 11) is 0. The monoisotopic (exact) mass is 681 g/mol. The fourth-order valence-corrected chi connectivity index (χ4v) is 8.42. The second kappa shape index (κ2) is 18.3. The van der Waals surface area contributed by atoms with Crippen molar-refractivity contribution in [1.82, 2.24) is 15.2 Å². The lowest BCUT2D eigenvalue weighted by Crippen LogP contribution is -2.45. The van der Waals surface area contributed by atoms with Crippen LogP contribution < -0.4 is 10.9 Å². The van der Waals surface area contributed by atoms with Crippen LogP contribution in [0.4, 0.5) is 0 Å². The molecule has 2 aliphatic rings. The highest BCUT2D eigenvalue weighted by molar-refractivity contribution is 7.10. The summed E-state index contributed by atoms with van der Waals surface area (Å²) >= 11 is 1.45. The molecule has 48 heavy (non-hydrogen) atoms. The molecule has 0 radical (unpaired) electrons. The quantitative estimate of drug-likeness (QED) is 0.0772. The number of phenols is 1. The number of ether oxygens (including phenoxy) is 1. The minimum absolute atomic E-state index is 0.00166. The van der Waals surface area contributed by atoms with E-state index in [1.165, 1.54) is 62.0 Å². The number of carbonyl (C=O) groups excluding carboxylic acids is 1. The normalized spacial score (nSPS) is 18.5. The van der Waals surface area contributed by atoms with Crippen LogP contribution in [0, 0.1) is 11.8 Å². The summed E-state index contributed by atoms with van der Waals surface area (Å²) in [5.74, 6) is -0.147. The van der Waals surface area contributed by atoms with Crippen LogP contribution in [0.15, 0.2) is 46.6 Å². The Balaban J connectivity index is 0.879. The molecule has 1 saturated carbocycles. The number of aliphatic hydroxyl groups excluding tert-OH is 1. The topological polar surface area (TPSA) is 135 Å². The van der Waals surface area contributed by atoms with Gasteiger partial charge in [-0.1, -0.05) is 63.5 Å². The molecular formula is C38H55N3O6S. The zero-order chi connectivity index (χ0) is 33.8. The van der Waals surface area contributed by atoms with E-state index in [0.29, 0.717) is 35.5 Å². The minimum Gasteiger partial charge on any atom is -0.506 e. The van der Waals surface area contributed by atoms with Crippen LogP contribution in [-0.4, -0.2) is 70.5 Å². The molecule has 2 aromatic heterocycles. The molecule has 9 nitrogen and oxygen atoms in total. The molecule has 3 heterocycles. The zero-order valence-electron chi connectivity index (χ0n) is 28.3. The molecule has 1 aliphatic heterocycles. The molecule has 1 aliphatic carbocycles. The van der Waals surface area contributed by atoms with Crippen LogP contribution in [0.5, 0.6) is 5.75 Å². The molecule has 0 bridgehead atoms. The van der Waals surface area contributed by atoms with Gasteiger partial charge in [0.05, 0.1) is 18.2 Å². The van der Waals surface area contributed by atoms with Gasteiger partial charge in [0, 0.05) is 28.8 Å². The van der Waals surface area contributed by atoms with Crippen molar-refractivity contribution in [3.63, 3.8) is 0 Å². The molecule has 2 fully saturated rings. The van der Waals surface area contributed by atoms with E-state index < -0.39 is 17.7 Å². The van der Waals surface area contributed by atoms with E-state index in [9.17, 15) is 24.9 Å². The van der Waals surface area contributed by atoms with Gasteiger partial charge >= 0.3 is 5.97 Å². The maximum Gasteiger partial charge on any atom is 0.344 e. The molecule has 3 aromatic rings. The Kier molecular flexibility index (Phi) is 13.9. The number of H-pyrrole nitrogens is 1. The summed E-state index contributed by atoms with van der Waals surface area (Å²) in [4.78, 5) is 30.8. The van der Waals surface area contributed by atoms with Crippen molar-refractivity contribution in [3.05, 3.63) is 62.6 Å². The van der Waals surface area contributed by atoms with E-state index in [1.807, 2.05) is 17.5 Å². The number of fused-ring (bicyclic) bond motifs is 1. The number of phenolic OH excluding ortho intramolecular Hbond substituents is 1. The largest absolute Gasteiger partial charge is 0.506 e. The number of rotatable bonds is 18. The molecule has 1 aromatic carbocycles. The highest BCUT2D eigenvalue weighted by Gasteiger charge is 2.48. The third kappa shape index (κ3) is 9.69. The number of thiophene rings is 1. The first kappa shape index (κ1) is 36.5. The third-order valence-corrected chi connectivity index (χ3v) is 11.5. The van der Waals surface area contributed by atoms with Gasteiger partial charge in [-0.15, -0.1) is 11.3 Å². The van der Waals surface area contributed by atoms with Crippen molar-refractivity contribution in [2.75, 3.05) is 39.3 Å². The van der Waals surface area contributed by atoms with Crippen LogP contribution in [0.25, 0.3) is 10.9 Å². The van der Waals surface area contributed by atoms with Crippen LogP contribution in [0.1, 0.15) is 106 Å². The predicted molar refractivity (Wildman–Crippen MR) is 191 cm³/mol. The van der Waals surface area contributed by atoms with Crippen molar-refractivity contribution in [3.8, 4) is 5.75 Å². The Labute approximate surface area is 288 Å². The van der Waals surface area contributed by atoms with Crippen molar-refractivity contribution in [2.45, 2.75) is 102 Å². The number of likely N-dealkylation sites (tertiary alicyclic amines) is 1. The summed E-state index contributed by atoms with van der Waals surface area (Å²) in [5.41, 5.74) is -0.753. The second-order valence-corrected chi connectivity index (χ2v) is 14.9. The number of aromatic nitrogens is 1. The molecule has 5 rings (SSSR count). The van der Waals surface area contributed by atoms with Gasteiger partial charge in [0.1, 0.15) is 5.75 Å². The SMILES string of the molecule is O=C(OCC1CCN(CCCCCCCCCNC[C@@H](O)c2ccc(O)c3[nH]c(=O)ccc23)CC1)C(O)(c1cccs1)C1CCCCC1. The number of unbranched alkanes of at least 4 members (excludes halogenated alkanes) is 6. The standard InChI is InChI=1S/C38H55N3O6S/c42-32-17-15-30(31-16-18-35(44)40-36(31)32)33(43)26-39-21-9-4-2-1-3-5-10-22-41-23-19-28(20-24-41)27-47-37(45)38(46,34-14-11-25-48-34)29-12-7-6-8-13-29/h11,14-18,25,28-29,33,39,42-43,46H,1-10,12-13,19-24,26-27H2,(H,40,44)/t33-,38?/m1/s1. The number of nitrogens with one attached hydrogen (secondary N) is 2. The van der Waals surface area contributed by atoms with Crippen LogP contribution in [-0.2, 0) is 15.1 Å². The van der Waals surface area contributed by atoms with Gasteiger partial charge in [0.15, 0.2) is 5.60 Å². The van der Waals surface area contributed by atoms with Crippen LogP contribution in [0.2, 0.25) is 0 Å². The summed E-state index contributed by atoms with van der Waals surface area (Å²) in [6.45, 7) is 4.89. The molecule has 1 saturated heterocycles. The molecule has 1 unspecified atom stereocenters. The average molecular weight is 682 g/mol. The number of aliphatic hydroxyl groups is 2. The number of hydrogen-bond acceptors (Lipinski definition) is 9. The highest BCUT2D eigenvalue weighted by atomic mass is 32.1. The summed E-state index contributed by atoms with van der Waals surface area (Å²) in [6.07, 6.45) is 14.8. The lowest BCUT2D eigenvalue weighted by molar-refractivity contribution is -0.177. The molecular weight excluding hydrogens is 627 g/mol.